The van der Waals surface area contributed by atoms with Crippen LogP contribution >= 0.6 is 0 Å². The molecule has 5 heteroatoms. The van der Waals surface area contributed by atoms with Gasteiger partial charge in [-0.3, -0.25) is 4.90 Å². The summed E-state index contributed by atoms with van der Waals surface area (Å²) in [5, 5.41) is 14.7. The van der Waals surface area contributed by atoms with Gasteiger partial charge in [0.15, 0.2) is 0 Å². The summed E-state index contributed by atoms with van der Waals surface area (Å²) in [6.07, 6.45) is 5.81. The zero-order valence-corrected chi connectivity index (χ0v) is 14.8. The summed E-state index contributed by atoms with van der Waals surface area (Å²) in [6, 6.07) is 8.14. The maximum absolute atomic E-state index is 11.9. The molecule has 3 N–H and O–H groups in total. The van der Waals surface area contributed by atoms with Crippen LogP contribution in [-0.2, 0) is 13.1 Å². The van der Waals surface area contributed by atoms with Gasteiger partial charge in [0.05, 0.1) is 0 Å². The van der Waals surface area contributed by atoms with Crippen molar-refractivity contribution in [2.24, 2.45) is 0 Å². The van der Waals surface area contributed by atoms with Gasteiger partial charge >= 0.3 is 6.03 Å². The molecule has 0 aliphatic carbocycles. The smallest absolute Gasteiger partial charge is 0.315 e. The van der Waals surface area contributed by atoms with Crippen LogP contribution in [0, 0.1) is 0 Å². The van der Waals surface area contributed by atoms with Crippen molar-refractivity contribution in [3.63, 3.8) is 0 Å². The Morgan fingerprint density at radius 1 is 1.17 bits per heavy atom. The first-order valence-electron chi connectivity index (χ1n) is 9.13. The van der Waals surface area contributed by atoms with Crippen LogP contribution < -0.4 is 10.6 Å². The Morgan fingerprint density at radius 3 is 2.50 bits per heavy atom. The van der Waals surface area contributed by atoms with Crippen molar-refractivity contribution < 1.29 is 9.90 Å². The highest BCUT2D eigenvalue weighted by atomic mass is 16.3. The molecule has 1 aromatic rings. The number of likely N-dealkylation sites (tertiary alicyclic amines) is 1. The predicted molar refractivity (Wildman–Crippen MR) is 96.7 cm³/mol. The van der Waals surface area contributed by atoms with E-state index in [9.17, 15) is 4.79 Å². The normalized spacial score (nSPS) is 17.1. The van der Waals surface area contributed by atoms with E-state index in [1.54, 1.807) is 0 Å². The van der Waals surface area contributed by atoms with E-state index in [-0.39, 0.29) is 18.7 Å². The molecule has 2 rings (SSSR count). The average Bonchev–Trinajstić information content (AvgIpc) is 2.83. The molecule has 0 spiro atoms. The Hall–Kier alpha value is -1.59. The van der Waals surface area contributed by atoms with E-state index in [0.717, 1.165) is 6.54 Å². The fourth-order valence-corrected chi connectivity index (χ4v) is 3.14. The van der Waals surface area contributed by atoms with Crippen LogP contribution in [0.4, 0.5) is 4.79 Å². The second-order valence-corrected chi connectivity index (χ2v) is 6.70. The summed E-state index contributed by atoms with van der Waals surface area (Å²) in [6.45, 7) is 5.80. The van der Waals surface area contributed by atoms with Gasteiger partial charge in [0.2, 0.25) is 0 Å². The van der Waals surface area contributed by atoms with Crippen molar-refractivity contribution in [2.45, 2.75) is 58.2 Å². The molecule has 2 amide bonds. The Morgan fingerprint density at radius 2 is 1.83 bits per heavy atom. The van der Waals surface area contributed by atoms with E-state index in [1.165, 1.54) is 49.9 Å². The van der Waals surface area contributed by atoms with Crippen LogP contribution in [0.15, 0.2) is 24.3 Å². The minimum Gasteiger partial charge on any atom is -0.396 e. The Balaban J connectivity index is 1.87. The molecule has 0 radical (unpaired) electrons. The second kappa shape index (κ2) is 10.3. The standard InChI is InChI=1S/C19H31N3O2/c1-16(10-13-23)21-19(24)20-14-17-8-4-5-9-18(17)15-22-11-6-2-3-7-12-22/h4-5,8-9,16,23H,2-3,6-7,10-15H2,1H3,(H2,20,21,24)/t16-/m1/s1. The number of benzene rings is 1. The minimum absolute atomic E-state index is 0.0256. The Kier molecular flexibility index (Phi) is 8.05. The number of amides is 2. The SMILES string of the molecule is C[C@H](CCO)NC(=O)NCc1ccccc1CN1CCCCCC1. The van der Waals surface area contributed by atoms with Crippen LogP contribution in [0.1, 0.15) is 50.2 Å². The summed E-state index contributed by atoms with van der Waals surface area (Å²) < 4.78 is 0. The number of rotatable bonds is 7. The number of hydrogen-bond donors (Lipinski definition) is 3. The first-order valence-corrected chi connectivity index (χ1v) is 9.13. The van der Waals surface area contributed by atoms with E-state index in [1.807, 2.05) is 13.0 Å². The number of urea groups is 1. The number of aliphatic hydroxyl groups is 1. The summed E-state index contributed by atoms with van der Waals surface area (Å²) in [5.41, 5.74) is 2.47. The average molecular weight is 333 g/mol. The lowest BCUT2D eigenvalue weighted by Gasteiger charge is -2.22. The first-order chi connectivity index (χ1) is 11.7. The van der Waals surface area contributed by atoms with Gasteiger partial charge in [-0.15, -0.1) is 0 Å². The molecule has 0 saturated carbocycles. The number of aliphatic hydroxyl groups excluding tert-OH is 1. The maximum atomic E-state index is 11.9. The van der Waals surface area contributed by atoms with Crippen molar-refractivity contribution in [1.82, 2.24) is 15.5 Å². The summed E-state index contributed by atoms with van der Waals surface area (Å²) in [4.78, 5) is 14.5. The lowest BCUT2D eigenvalue weighted by atomic mass is 10.1. The molecule has 1 fully saturated rings. The zero-order valence-electron chi connectivity index (χ0n) is 14.8. The molecule has 24 heavy (non-hydrogen) atoms. The first kappa shape index (κ1) is 18.7. The molecular formula is C19H31N3O2. The van der Waals surface area contributed by atoms with Gasteiger partial charge in [0.1, 0.15) is 0 Å². The molecule has 0 unspecified atom stereocenters. The van der Waals surface area contributed by atoms with Crippen LogP contribution in [0.5, 0.6) is 0 Å². The fraction of sp³-hybridized carbons (Fsp3) is 0.632. The third kappa shape index (κ3) is 6.49. The van der Waals surface area contributed by atoms with Crippen molar-refractivity contribution in [3.05, 3.63) is 35.4 Å². The van der Waals surface area contributed by atoms with E-state index >= 15 is 0 Å². The van der Waals surface area contributed by atoms with Crippen LogP contribution in [0.2, 0.25) is 0 Å². The van der Waals surface area contributed by atoms with Gasteiger partial charge in [0, 0.05) is 25.7 Å². The molecule has 1 saturated heterocycles. The van der Waals surface area contributed by atoms with Gasteiger partial charge in [-0.2, -0.15) is 0 Å². The van der Waals surface area contributed by atoms with E-state index in [2.05, 4.69) is 33.7 Å². The highest BCUT2D eigenvalue weighted by Gasteiger charge is 2.12. The molecule has 1 atom stereocenters. The second-order valence-electron chi connectivity index (χ2n) is 6.70. The summed E-state index contributed by atoms with van der Waals surface area (Å²) >= 11 is 0. The van der Waals surface area contributed by atoms with Crippen molar-refractivity contribution in [3.8, 4) is 0 Å². The van der Waals surface area contributed by atoms with Crippen molar-refractivity contribution in [2.75, 3.05) is 19.7 Å². The van der Waals surface area contributed by atoms with Gasteiger partial charge in [-0.1, -0.05) is 37.1 Å². The highest BCUT2D eigenvalue weighted by Crippen LogP contribution is 2.16. The number of carbonyl (C=O) groups excluding carboxylic acids is 1. The molecular weight excluding hydrogens is 302 g/mol. The third-order valence-electron chi connectivity index (χ3n) is 4.59. The predicted octanol–water partition coefficient (Wildman–Crippen LogP) is 2.63. The number of nitrogens with zero attached hydrogens (tertiary/aromatic N) is 1. The number of hydrogen-bond acceptors (Lipinski definition) is 3. The summed E-state index contributed by atoms with van der Waals surface area (Å²) in [5.74, 6) is 0. The summed E-state index contributed by atoms with van der Waals surface area (Å²) in [7, 11) is 0. The van der Waals surface area contributed by atoms with Gasteiger partial charge in [-0.05, 0) is 50.4 Å². The Bertz CT molecular complexity index is 499. The number of nitrogens with one attached hydrogen (secondary N) is 2. The molecule has 5 nitrogen and oxygen atoms in total. The zero-order chi connectivity index (χ0) is 17.2. The largest absolute Gasteiger partial charge is 0.396 e. The maximum Gasteiger partial charge on any atom is 0.315 e. The molecule has 1 heterocycles. The minimum atomic E-state index is -0.180. The van der Waals surface area contributed by atoms with Gasteiger partial charge in [0.25, 0.3) is 0 Å². The van der Waals surface area contributed by atoms with E-state index in [4.69, 9.17) is 5.11 Å². The Labute approximate surface area is 145 Å². The monoisotopic (exact) mass is 333 g/mol. The van der Waals surface area contributed by atoms with Gasteiger partial charge < -0.3 is 15.7 Å². The van der Waals surface area contributed by atoms with Gasteiger partial charge in [-0.25, -0.2) is 4.79 Å². The number of carbonyl (C=O) groups is 1. The lowest BCUT2D eigenvalue weighted by molar-refractivity contribution is 0.230. The topological polar surface area (TPSA) is 64.6 Å². The van der Waals surface area contributed by atoms with Crippen LogP contribution in [-0.4, -0.2) is 41.8 Å². The van der Waals surface area contributed by atoms with Crippen LogP contribution in [0.3, 0.4) is 0 Å². The molecule has 1 aliphatic rings. The van der Waals surface area contributed by atoms with Crippen molar-refractivity contribution >= 4 is 6.03 Å². The molecule has 1 aromatic carbocycles. The quantitative estimate of drug-likeness (QED) is 0.719. The van der Waals surface area contributed by atoms with Crippen molar-refractivity contribution in [1.29, 1.82) is 0 Å². The molecule has 0 bridgehead atoms. The highest BCUT2D eigenvalue weighted by molar-refractivity contribution is 5.74. The molecule has 134 valence electrons. The lowest BCUT2D eigenvalue weighted by Crippen LogP contribution is -2.40. The van der Waals surface area contributed by atoms with E-state index in [0.29, 0.717) is 13.0 Å². The third-order valence-corrected chi connectivity index (χ3v) is 4.59. The van der Waals surface area contributed by atoms with E-state index < -0.39 is 0 Å². The molecule has 1 aliphatic heterocycles. The van der Waals surface area contributed by atoms with Crippen LogP contribution in [0.25, 0.3) is 0 Å². The molecule has 0 aromatic heterocycles. The fourth-order valence-electron chi connectivity index (χ4n) is 3.14.